The molecule has 1 saturated heterocycles. The van der Waals surface area contributed by atoms with E-state index < -0.39 is 80.4 Å². The van der Waals surface area contributed by atoms with Crippen LogP contribution < -0.4 is 20.7 Å². The summed E-state index contributed by atoms with van der Waals surface area (Å²) in [6, 6.07) is -2.29. The Morgan fingerprint density at radius 3 is 2.42 bits per heavy atom. The molecule has 3 aliphatic carbocycles. The van der Waals surface area contributed by atoms with Crippen molar-refractivity contribution >= 4 is 39.9 Å². The highest BCUT2D eigenvalue weighted by Crippen LogP contribution is 2.46. The van der Waals surface area contributed by atoms with Crippen molar-refractivity contribution in [1.29, 1.82) is 0 Å². The molecule has 5 aliphatic rings. The summed E-state index contributed by atoms with van der Waals surface area (Å²) in [7, 11) is -3.90. The SMILES string of the molecule is CC(C)(C)OC(=O)NC1CCCOC/C=C/C2CC2(C(=O)NS(=O)(=O)C2CC2)NC(=O)C2CC(OC(=O)NC3CCCCC3)CN2C1=O. The zero-order valence-corrected chi connectivity index (χ0v) is 28.8. The smallest absolute Gasteiger partial charge is 0.408 e. The van der Waals surface area contributed by atoms with Gasteiger partial charge in [0, 0.05) is 25.0 Å². The number of hydrogen-bond donors (Lipinski definition) is 4. The van der Waals surface area contributed by atoms with Gasteiger partial charge in [0.15, 0.2) is 0 Å². The molecule has 0 aromatic rings. The highest BCUT2D eigenvalue weighted by atomic mass is 32.2. The van der Waals surface area contributed by atoms with E-state index in [1.165, 1.54) is 4.90 Å². The van der Waals surface area contributed by atoms with Crippen LogP contribution in [0.2, 0.25) is 0 Å². The van der Waals surface area contributed by atoms with Crippen molar-refractivity contribution < 1.29 is 46.6 Å². The van der Waals surface area contributed by atoms with E-state index in [1.54, 1.807) is 32.9 Å². The molecule has 15 nitrogen and oxygen atoms in total. The van der Waals surface area contributed by atoms with Gasteiger partial charge in [0.2, 0.25) is 21.8 Å². The summed E-state index contributed by atoms with van der Waals surface area (Å²) in [5, 5.41) is 7.64. The Morgan fingerprint density at radius 1 is 1.00 bits per heavy atom. The fourth-order valence-electron chi connectivity index (χ4n) is 6.61. The van der Waals surface area contributed by atoms with Gasteiger partial charge in [0.1, 0.15) is 29.3 Å². The van der Waals surface area contributed by atoms with E-state index in [2.05, 4.69) is 20.7 Å². The molecular weight excluding hydrogens is 646 g/mol. The second kappa shape index (κ2) is 14.6. The van der Waals surface area contributed by atoms with Crippen LogP contribution >= 0.6 is 0 Å². The Labute approximate surface area is 281 Å². The number of alkyl carbamates (subject to hydrolysis) is 2. The third-order valence-corrected chi connectivity index (χ3v) is 11.2. The van der Waals surface area contributed by atoms with Crippen LogP contribution in [0.3, 0.4) is 0 Å². The van der Waals surface area contributed by atoms with Gasteiger partial charge in [0.05, 0.1) is 18.4 Å². The van der Waals surface area contributed by atoms with E-state index >= 15 is 0 Å². The zero-order valence-electron chi connectivity index (χ0n) is 28.0. The largest absolute Gasteiger partial charge is 0.444 e. The Morgan fingerprint density at radius 2 is 1.73 bits per heavy atom. The van der Waals surface area contributed by atoms with E-state index in [4.69, 9.17) is 14.2 Å². The molecule has 5 rings (SSSR count). The van der Waals surface area contributed by atoms with Crippen molar-refractivity contribution in [3.63, 3.8) is 0 Å². The molecule has 0 spiro atoms. The lowest BCUT2D eigenvalue weighted by Gasteiger charge is -2.30. The minimum Gasteiger partial charge on any atom is -0.444 e. The molecule has 5 atom stereocenters. The number of carbonyl (C=O) groups is 5. The number of amides is 5. The predicted octanol–water partition coefficient (Wildman–Crippen LogP) is 1.76. The van der Waals surface area contributed by atoms with Crippen LogP contribution in [0.15, 0.2) is 12.2 Å². The fraction of sp³-hybridized carbons (Fsp3) is 0.781. The van der Waals surface area contributed by atoms with Crippen molar-refractivity contribution in [1.82, 2.24) is 25.6 Å². The topological polar surface area (TPSA) is 199 Å². The number of carbonyl (C=O) groups excluding carboxylic acids is 5. The maximum Gasteiger partial charge on any atom is 0.408 e. The molecule has 5 unspecified atom stereocenters. The van der Waals surface area contributed by atoms with Gasteiger partial charge >= 0.3 is 12.2 Å². The Hall–Kier alpha value is -3.40. The first kappa shape index (κ1) is 35.9. The molecule has 0 aromatic carbocycles. The molecule has 16 heteroatoms. The van der Waals surface area contributed by atoms with Gasteiger partial charge in [-0.1, -0.05) is 31.4 Å². The number of rotatable bonds is 6. The van der Waals surface area contributed by atoms with Crippen molar-refractivity contribution in [2.24, 2.45) is 5.92 Å². The minimum atomic E-state index is -3.90. The number of fused-ring (bicyclic) bond motifs is 2. The summed E-state index contributed by atoms with van der Waals surface area (Å²) < 4.78 is 44.3. The fourth-order valence-corrected chi connectivity index (χ4v) is 7.97. The van der Waals surface area contributed by atoms with Crippen molar-refractivity contribution in [3.05, 3.63) is 12.2 Å². The molecule has 5 amide bonds. The highest BCUT2D eigenvalue weighted by molar-refractivity contribution is 7.91. The third kappa shape index (κ3) is 9.18. The zero-order chi connectivity index (χ0) is 34.7. The van der Waals surface area contributed by atoms with Crippen molar-refractivity contribution in [2.45, 2.75) is 132 Å². The number of nitrogens with zero attached hydrogens (tertiary/aromatic N) is 1. The second-order valence-electron chi connectivity index (χ2n) is 14.5. The quantitative estimate of drug-likeness (QED) is 0.297. The first-order valence-corrected chi connectivity index (χ1v) is 18.6. The maximum absolute atomic E-state index is 14.1. The van der Waals surface area contributed by atoms with Gasteiger partial charge in [-0.25, -0.2) is 18.0 Å². The number of ether oxygens (including phenoxy) is 3. The van der Waals surface area contributed by atoms with Gasteiger partial charge in [0.25, 0.3) is 5.91 Å². The molecule has 3 saturated carbocycles. The number of hydrogen-bond acceptors (Lipinski definition) is 10. The van der Waals surface area contributed by atoms with Crippen LogP contribution in [0.1, 0.15) is 91.4 Å². The van der Waals surface area contributed by atoms with Gasteiger partial charge < -0.3 is 35.1 Å². The first-order chi connectivity index (χ1) is 22.7. The normalized spacial score (nSPS) is 31.1. The van der Waals surface area contributed by atoms with Crippen molar-refractivity contribution in [2.75, 3.05) is 19.8 Å². The molecule has 48 heavy (non-hydrogen) atoms. The Bertz CT molecular complexity index is 1390. The van der Waals surface area contributed by atoms with Crippen LogP contribution in [-0.2, 0) is 38.6 Å². The van der Waals surface area contributed by atoms with Crippen LogP contribution in [0.25, 0.3) is 0 Å². The van der Waals surface area contributed by atoms with E-state index in [1.807, 2.05) is 0 Å². The summed E-state index contributed by atoms with van der Waals surface area (Å²) in [5.41, 5.74) is -2.39. The number of nitrogens with one attached hydrogen (secondary N) is 4. The molecule has 4 N–H and O–H groups in total. The maximum atomic E-state index is 14.1. The second-order valence-corrected chi connectivity index (χ2v) is 16.5. The predicted molar refractivity (Wildman–Crippen MR) is 172 cm³/mol. The van der Waals surface area contributed by atoms with Gasteiger partial charge in [-0.2, -0.15) is 0 Å². The summed E-state index contributed by atoms with van der Waals surface area (Å²) in [6.07, 6.45) is 7.48. The third-order valence-electron chi connectivity index (χ3n) is 9.37. The molecule has 2 heterocycles. The van der Waals surface area contributed by atoms with Crippen LogP contribution in [-0.4, -0.2) is 104 Å². The van der Waals surface area contributed by atoms with Gasteiger partial charge in [-0.15, -0.1) is 0 Å². The van der Waals surface area contributed by atoms with Crippen molar-refractivity contribution in [3.8, 4) is 0 Å². The molecule has 0 radical (unpaired) electrons. The lowest BCUT2D eigenvalue weighted by atomic mass is 9.96. The molecule has 4 fully saturated rings. The summed E-state index contributed by atoms with van der Waals surface area (Å²) in [6.45, 7) is 5.41. The molecular formula is C32H49N5O10S. The van der Waals surface area contributed by atoms with E-state index in [9.17, 15) is 32.4 Å². The van der Waals surface area contributed by atoms with E-state index in [-0.39, 0.29) is 45.1 Å². The summed E-state index contributed by atoms with van der Waals surface area (Å²) >= 11 is 0. The van der Waals surface area contributed by atoms with Gasteiger partial charge in [-0.3, -0.25) is 19.1 Å². The lowest BCUT2D eigenvalue weighted by Crippen LogP contribution is -2.58. The Balaban J connectivity index is 1.38. The minimum absolute atomic E-state index is 0.0159. The molecule has 2 aliphatic heterocycles. The first-order valence-electron chi connectivity index (χ1n) is 17.1. The van der Waals surface area contributed by atoms with E-state index in [0.717, 1.165) is 32.1 Å². The monoisotopic (exact) mass is 695 g/mol. The van der Waals surface area contributed by atoms with Gasteiger partial charge in [-0.05, 0) is 65.7 Å². The lowest BCUT2D eigenvalue weighted by molar-refractivity contribution is -0.141. The highest BCUT2D eigenvalue weighted by Gasteiger charge is 2.62. The average Bonchev–Trinajstić information content (AvgIpc) is 3.92. The number of sulfonamides is 1. The molecule has 0 bridgehead atoms. The van der Waals surface area contributed by atoms with E-state index in [0.29, 0.717) is 19.3 Å². The summed E-state index contributed by atoms with van der Waals surface area (Å²) in [4.78, 5) is 68.6. The average molecular weight is 696 g/mol. The Kier molecular flexibility index (Phi) is 10.9. The molecule has 268 valence electrons. The summed E-state index contributed by atoms with van der Waals surface area (Å²) in [5.74, 6) is -2.64. The van der Waals surface area contributed by atoms with Crippen LogP contribution in [0, 0.1) is 5.92 Å². The molecule has 0 aromatic heterocycles. The van der Waals surface area contributed by atoms with Crippen LogP contribution in [0.5, 0.6) is 0 Å². The standard InChI is InChI=1S/C32H49N5O10S/c1-31(2,3)47-30(42)34-24-12-8-16-45-15-7-9-20-18-32(20,28(40)36-48(43,44)23-13-14-23)35-26(38)25-17-22(19-37(25)27(24)39)46-29(41)33-21-10-5-4-6-11-21/h7,9,20-25H,4-6,8,10-19H2,1-3H3,(H,33,41)(H,34,42)(H,35,38)(H,36,40)/b9-7+. The van der Waals surface area contributed by atoms with Crippen LogP contribution in [0.4, 0.5) is 9.59 Å².